The zero-order valence-corrected chi connectivity index (χ0v) is 36.8. The van der Waals surface area contributed by atoms with Crippen LogP contribution in [0.1, 0.15) is 22.2 Å². The number of hydrogen-bond acceptors (Lipinski definition) is 3. The average Bonchev–Trinajstić information content (AvgIpc) is 3.50. The van der Waals surface area contributed by atoms with Crippen LogP contribution in [-0.2, 0) is 26.5 Å². The van der Waals surface area contributed by atoms with Crippen molar-refractivity contribution in [2.24, 2.45) is 5.92 Å². The molecule has 0 fully saturated rings. The Morgan fingerprint density at radius 2 is 1.42 bits per heavy atom. The predicted octanol–water partition coefficient (Wildman–Crippen LogP) is 11.0. The molecular weight excluding hydrogens is 910 g/mol. The number of hydrogen-bond donors (Lipinski definition) is 0. The topological polar surface area (TPSA) is 38.9 Å². The van der Waals surface area contributed by atoms with Gasteiger partial charge in [0.05, 0.1) is 0 Å². The van der Waals surface area contributed by atoms with Gasteiger partial charge in [0, 0.05) is 29.0 Å². The van der Waals surface area contributed by atoms with E-state index in [1.807, 2.05) is 62.5 Å². The molecule has 3 heterocycles. The van der Waals surface area contributed by atoms with Crippen LogP contribution in [-0.4, -0.2) is 36.5 Å². The summed E-state index contributed by atoms with van der Waals surface area (Å²) in [5.41, 5.74) is 7.97. The SMILES string of the molecule is [2H]C([2H])(c1ccnc(-c2[c-]ccc3c2oc2cc(-c4cc[c]([Ge]([CH3])([CH3])[CH3])cc4)ccc23)c1)C(C)C.[CH3][Ge]([CH3])([CH3])[c]1ccc(-c2[c-]cccc2)nc1.[Ir]. The molecule has 257 valence electrons. The maximum Gasteiger partial charge on any atom is 0 e. The van der Waals surface area contributed by atoms with E-state index in [2.05, 4.69) is 111 Å². The fraction of sp³-hybridized carbons (Fsp3) is 0.227. The first-order chi connectivity index (χ1) is 24.1. The second-order valence-electron chi connectivity index (χ2n) is 14.9. The van der Waals surface area contributed by atoms with Crippen LogP contribution in [0.3, 0.4) is 0 Å². The third kappa shape index (κ3) is 8.95. The summed E-state index contributed by atoms with van der Waals surface area (Å²) in [4.78, 5) is 9.07. The Kier molecular flexibility index (Phi) is 11.2. The van der Waals surface area contributed by atoms with Gasteiger partial charge in [0.2, 0.25) is 0 Å². The summed E-state index contributed by atoms with van der Waals surface area (Å²) in [6.07, 6.45) is 2.26. The Balaban J connectivity index is 0.000000258. The molecule has 0 bridgehead atoms. The molecule has 0 N–H and O–H groups in total. The first kappa shape index (κ1) is 35.1. The average molecular weight is 958 g/mol. The molecule has 0 aliphatic rings. The van der Waals surface area contributed by atoms with E-state index in [-0.39, 0.29) is 26.0 Å². The minimum Gasteiger partial charge on any atom is 0 e. The quantitative estimate of drug-likeness (QED) is 0.118. The maximum absolute atomic E-state index is 8.49. The molecule has 0 aliphatic heterocycles. The van der Waals surface area contributed by atoms with E-state index in [9.17, 15) is 0 Å². The molecule has 3 nitrogen and oxygen atoms in total. The van der Waals surface area contributed by atoms with Crippen molar-refractivity contribution in [1.29, 1.82) is 0 Å². The standard InChI is InChI=1S/C30H30GeNO.C14H16GeN.Ir/c1-20(2)17-21-15-16-32-28(18-21)27-8-6-7-26-25-14-11-23(19-29(25)33-30(26)27)22-9-12-24(13-10-22)31(3,4)5;1-15(2,3)13-9-10-14(16-11-13)12-7-5-4-6-8-12;/h6-7,9-16,18-20H,17H2,1-5H3;4-7,9-11H,1-3H3;/q2*-1;/i17D2;;. The molecule has 0 amide bonds. The van der Waals surface area contributed by atoms with Crippen molar-refractivity contribution >= 4 is 57.3 Å². The molecule has 50 heavy (non-hydrogen) atoms. The number of nitrogens with zero attached hydrogens (tertiary/aromatic N) is 2. The third-order valence-corrected chi connectivity index (χ3v) is 17.2. The van der Waals surface area contributed by atoms with Gasteiger partial charge < -0.3 is 0 Å². The maximum atomic E-state index is 8.49. The molecular formula is C44H46Ge2IrN2O-2. The summed E-state index contributed by atoms with van der Waals surface area (Å²) >= 11 is -3.56. The normalized spacial score (nSPS) is 12.6. The van der Waals surface area contributed by atoms with E-state index < -0.39 is 32.9 Å². The van der Waals surface area contributed by atoms with E-state index in [4.69, 9.17) is 7.16 Å². The summed E-state index contributed by atoms with van der Waals surface area (Å²) in [5.74, 6) is 14.2. The summed E-state index contributed by atoms with van der Waals surface area (Å²) in [6.45, 7) is 3.78. The number of aromatic nitrogens is 2. The Morgan fingerprint density at radius 1 is 0.700 bits per heavy atom. The number of fused-ring (bicyclic) bond motifs is 3. The van der Waals surface area contributed by atoms with Crippen LogP contribution < -0.4 is 8.79 Å². The summed E-state index contributed by atoms with van der Waals surface area (Å²) < 4.78 is 26.3. The van der Waals surface area contributed by atoms with Gasteiger partial charge >= 0.3 is 255 Å². The second kappa shape index (κ2) is 15.9. The van der Waals surface area contributed by atoms with Gasteiger partial charge in [0.25, 0.3) is 0 Å². The minimum atomic E-state index is -1.84. The van der Waals surface area contributed by atoms with E-state index in [1.54, 1.807) is 12.3 Å². The Labute approximate surface area is 319 Å². The number of benzene rings is 4. The van der Waals surface area contributed by atoms with Crippen LogP contribution in [0.5, 0.6) is 0 Å². The molecule has 6 heteroatoms. The summed E-state index contributed by atoms with van der Waals surface area (Å²) in [5, 5.41) is 2.06. The van der Waals surface area contributed by atoms with Gasteiger partial charge in [-0.3, -0.25) is 0 Å². The summed E-state index contributed by atoms with van der Waals surface area (Å²) in [6, 6.07) is 41.6. The van der Waals surface area contributed by atoms with Crippen LogP contribution in [0, 0.1) is 18.1 Å². The number of rotatable bonds is 7. The van der Waals surface area contributed by atoms with E-state index in [0.717, 1.165) is 44.3 Å². The van der Waals surface area contributed by atoms with E-state index in [0.29, 0.717) is 11.3 Å². The molecule has 0 atom stereocenters. The largest absolute Gasteiger partial charge is 0 e. The van der Waals surface area contributed by atoms with Crippen molar-refractivity contribution in [1.82, 2.24) is 9.97 Å². The molecule has 0 spiro atoms. The predicted molar refractivity (Wildman–Crippen MR) is 214 cm³/mol. The van der Waals surface area contributed by atoms with Gasteiger partial charge in [0.1, 0.15) is 0 Å². The van der Waals surface area contributed by atoms with Crippen LogP contribution >= 0.6 is 0 Å². The van der Waals surface area contributed by atoms with Crippen LogP contribution in [0.4, 0.5) is 0 Å². The van der Waals surface area contributed by atoms with Gasteiger partial charge in [-0.2, -0.15) is 0 Å². The molecule has 3 aromatic heterocycles. The number of furan rings is 1. The van der Waals surface area contributed by atoms with Gasteiger partial charge in [-0.15, -0.1) is 0 Å². The van der Waals surface area contributed by atoms with Crippen molar-refractivity contribution < 1.29 is 27.3 Å². The zero-order chi connectivity index (χ0) is 36.6. The Morgan fingerprint density at radius 3 is 2.06 bits per heavy atom. The van der Waals surface area contributed by atoms with Gasteiger partial charge in [-0.05, 0) is 18.4 Å². The second-order valence-corrected chi connectivity index (χ2v) is 36.2. The fourth-order valence-electron chi connectivity index (χ4n) is 5.81. The fourth-order valence-corrected chi connectivity index (χ4v) is 10.4. The molecule has 7 rings (SSSR count). The Hall–Kier alpha value is -3.28. The number of pyridine rings is 2. The van der Waals surface area contributed by atoms with Crippen molar-refractivity contribution in [3.8, 4) is 33.6 Å². The van der Waals surface area contributed by atoms with Gasteiger partial charge in [-0.25, -0.2) is 0 Å². The first-order valence-electron chi connectivity index (χ1n) is 18.0. The third-order valence-electron chi connectivity index (χ3n) is 8.60. The van der Waals surface area contributed by atoms with E-state index >= 15 is 0 Å². The zero-order valence-electron chi connectivity index (χ0n) is 32.2. The molecule has 4 aromatic carbocycles. The molecule has 7 aromatic rings. The molecule has 1 radical (unpaired) electrons. The molecule has 0 saturated carbocycles. The summed E-state index contributed by atoms with van der Waals surface area (Å²) in [7, 11) is 0. The van der Waals surface area contributed by atoms with Gasteiger partial charge in [0.15, 0.2) is 0 Å². The molecule has 0 aliphatic carbocycles. The van der Waals surface area contributed by atoms with Crippen LogP contribution in [0.25, 0.3) is 55.6 Å². The van der Waals surface area contributed by atoms with Crippen molar-refractivity contribution in [2.45, 2.75) is 54.8 Å². The Bertz CT molecular complexity index is 2270. The monoisotopic (exact) mass is 961 g/mol. The van der Waals surface area contributed by atoms with Crippen LogP contribution in [0.15, 0.2) is 120 Å². The van der Waals surface area contributed by atoms with Crippen molar-refractivity contribution in [3.63, 3.8) is 0 Å². The van der Waals surface area contributed by atoms with E-state index in [1.165, 1.54) is 14.4 Å². The van der Waals surface area contributed by atoms with Gasteiger partial charge in [-0.1, -0.05) is 19.4 Å². The smallest absolute Gasteiger partial charge is 0 e. The van der Waals surface area contributed by atoms with Crippen molar-refractivity contribution in [3.05, 3.63) is 133 Å². The van der Waals surface area contributed by atoms with Crippen molar-refractivity contribution in [2.75, 3.05) is 0 Å². The minimum absolute atomic E-state index is 0. The first-order valence-corrected chi connectivity index (χ1v) is 31.7. The molecule has 0 unspecified atom stereocenters. The van der Waals surface area contributed by atoms with Crippen LogP contribution in [0.2, 0.25) is 34.5 Å². The molecule has 0 saturated heterocycles.